The number of ether oxygens (including phenoxy) is 1. The maximum absolute atomic E-state index is 12.8. The molecule has 0 atom stereocenters. The summed E-state index contributed by atoms with van der Waals surface area (Å²) in [6, 6.07) is 14.0. The molecule has 152 valence electrons. The van der Waals surface area contributed by atoms with Crippen LogP contribution in [0.15, 0.2) is 48.5 Å². The van der Waals surface area contributed by atoms with Crippen molar-refractivity contribution in [3.8, 4) is 5.75 Å². The maximum atomic E-state index is 12.8. The van der Waals surface area contributed by atoms with Crippen LogP contribution in [0, 0.1) is 0 Å². The molecule has 29 heavy (non-hydrogen) atoms. The Morgan fingerprint density at radius 1 is 1.00 bits per heavy atom. The Balaban J connectivity index is 1.71. The first-order valence-corrected chi connectivity index (χ1v) is 9.30. The number of nitrogen functional groups attached to an aromatic ring is 1. The molecule has 2 aromatic rings. The second-order valence-electron chi connectivity index (χ2n) is 6.71. The molecule has 3 amide bonds. The van der Waals surface area contributed by atoms with E-state index in [1.807, 2.05) is 24.3 Å². The predicted molar refractivity (Wildman–Crippen MR) is 111 cm³/mol. The molecule has 8 nitrogen and oxygen atoms in total. The van der Waals surface area contributed by atoms with Gasteiger partial charge in [-0.15, -0.1) is 0 Å². The van der Waals surface area contributed by atoms with Gasteiger partial charge >= 0.3 is 11.8 Å². The van der Waals surface area contributed by atoms with Gasteiger partial charge in [0.05, 0.1) is 18.5 Å². The number of carbonyl (C=O) groups is 3. The highest BCUT2D eigenvalue weighted by Gasteiger charge is 2.32. The third-order valence-corrected chi connectivity index (χ3v) is 4.82. The van der Waals surface area contributed by atoms with Crippen LogP contribution in [0.3, 0.4) is 0 Å². The topological polar surface area (TPSA) is 96.2 Å². The molecule has 1 saturated heterocycles. The number of carbonyl (C=O) groups excluding carboxylic acids is 3. The van der Waals surface area contributed by atoms with Crippen molar-refractivity contribution < 1.29 is 19.1 Å². The van der Waals surface area contributed by atoms with Gasteiger partial charge in [0.1, 0.15) is 5.75 Å². The van der Waals surface area contributed by atoms with Crippen molar-refractivity contribution in [2.45, 2.75) is 6.92 Å². The Kier molecular flexibility index (Phi) is 6.01. The van der Waals surface area contributed by atoms with Crippen LogP contribution in [0.5, 0.6) is 5.75 Å². The Morgan fingerprint density at radius 2 is 1.69 bits per heavy atom. The van der Waals surface area contributed by atoms with Crippen molar-refractivity contribution in [2.75, 3.05) is 48.8 Å². The van der Waals surface area contributed by atoms with Crippen molar-refractivity contribution in [2.24, 2.45) is 0 Å². The minimum Gasteiger partial charge on any atom is -0.495 e. The van der Waals surface area contributed by atoms with Crippen LogP contribution in [0.2, 0.25) is 0 Å². The Bertz CT molecular complexity index is 922. The van der Waals surface area contributed by atoms with Crippen LogP contribution in [-0.4, -0.2) is 55.9 Å². The minimum absolute atomic E-state index is 0.281. The lowest BCUT2D eigenvalue weighted by Gasteiger charge is -2.36. The first-order chi connectivity index (χ1) is 13.9. The molecule has 1 fully saturated rings. The van der Waals surface area contributed by atoms with Crippen LogP contribution in [-0.2, 0) is 14.4 Å². The molecule has 2 aromatic carbocycles. The molecule has 0 bridgehead atoms. The molecule has 0 aliphatic carbocycles. The lowest BCUT2D eigenvalue weighted by molar-refractivity contribution is -0.145. The summed E-state index contributed by atoms with van der Waals surface area (Å²) in [6.45, 7) is 3.08. The highest BCUT2D eigenvalue weighted by Crippen LogP contribution is 2.28. The van der Waals surface area contributed by atoms with Gasteiger partial charge in [-0.2, -0.15) is 0 Å². The summed E-state index contributed by atoms with van der Waals surface area (Å²) in [5.74, 6) is -1.37. The fraction of sp³-hybridized carbons (Fsp3) is 0.286. The van der Waals surface area contributed by atoms with Crippen molar-refractivity contribution in [3.63, 3.8) is 0 Å². The van der Waals surface area contributed by atoms with E-state index in [0.29, 0.717) is 31.9 Å². The number of amides is 3. The van der Waals surface area contributed by atoms with Crippen molar-refractivity contribution in [3.05, 3.63) is 48.5 Å². The number of nitrogens with two attached hydrogens (primary N) is 1. The van der Waals surface area contributed by atoms with E-state index in [9.17, 15) is 14.4 Å². The maximum Gasteiger partial charge on any atom is 0.323 e. The number of hydrogen-bond acceptors (Lipinski definition) is 6. The number of para-hydroxylation sites is 2. The molecule has 1 heterocycles. The van der Waals surface area contributed by atoms with E-state index in [0.717, 1.165) is 16.3 Å². The van der Waals surface area contributed by atoms with Gasteiger partial charge in [0.15, 0.2) is 0 Å². The summed E-state index contributed by atoms with van der Waals surface area (Å²) in [5.41, 5.74) is 7.38. The van der Waals surface area contributed by atoms with Gasteiger partial charge in [-0.3, -0.25) is 14.4 Å². The molecule has 0 aromatic heterocycles. The molecule has 0 unspecified atom stereocenters. The highest BCUT2D eigenvalue weighted by molar-refractivity contribution is 6.45. The molecule has 8 heteroatoms. The molecular weight excluding hydrogens is 372 g/mol. The second kappa shape index (κ2) is 8.64. The van der Waals surface area contributed by atoms with Crippen LogP contribution in [0.25, 0.3) is 0 Å². The fourth-order valence-corrected chi connectivity index (χ4v) is 3.38. The van der Waals surface area contributed by atoms with Gasteiger partial charge in [-0.05, 0) is 30.3 Å². The third kappa shape index (κ3) is 4.31. The van der Waals surface area contributed by atoms with Gasteiger partial charge in [0, 0.05) is 38.8 Å². The summed E-state index contributed by atoms with van der Waals surface area (Å²) in [5, 5.41) is 0. The van der Waals surface area contributed by atoms with E-state index in [1.54, 1.807) is 25.3 Å². The van der Waals surface area contributed by atoms with Gasteiger partial charge in [-0.1, -0.05) is 18.2 Å². The highest BCUT2D eigenvalue weighted by atomic mass is 16.5. The first-order valence-electron chi connectivity index (χ1n) is 9.30. The van der Waals surface area contributed by atoms with Gasteiger partial charge < -0.3 is 20.3 Å². The van der Waals surface area contributed by atoms with Gasteiger partial charge in [0.2, 0.25) is 5.91 Å². The molecular formula is C21H24N4O4. The fourth-order valence-electron chi connectivity index (χ4n) is 3.38. The van der Waals surface area contributed by atoms with Crippen LogP contribution >= 0.6 is 0 Å². The van der Waals surface area contributed by atoms with E-state index in [4.69, 9.17) is 10.5 Å². The molecule has 0 radical (unpaired) electrons. The average molecular weight is 396 g/mol. The van der Waals surface area contributed by atoms with E-state index < -0.39 is 17.7 Å². The number of methoxy groups -OCH3 is 1. The van der Waals surface area contributed by atoms with E-state index in [1.165, 1.54) is 17.9 Å². The van der Waals surface area contributed by atoms with E-state index in [-0.39, 0.29) is 5.69 Å². The van der Waals surface area contributed by atoms with Crippen molar-refractivity contribution in [1.82, 2.24) is 4.90 Å². The largest absolute Gasteiger partial charge is 0.495 e. The third-order valence-electron chi connectivity index (χ3n) is 4.82. The summed E-state index contributed by atoms with van der Waals surface area (Å²) >= 11 is 0. The predicted octanol–water partition coefficient (Wildman–Crippen LogP) is 1.51. The van der Waals surface area contributed by atoms with E-state index >= 15 is 0 Å². The number of benzene rings is 2. The number of piperazine rings is 1. The zero-order valence-electron chi connectivity index (χ0n) is 16.5. The van der Waals surface area contributed by atoms with Gasteiger partial charge in [0.25, 0.3) is 0 Å². The summed E-state index contributed by atoms with van der Waals surface area (Å²) in [4.78, 5) is 42.1. The number of imide groups is 1. The van der Waals surface area contributed by atoms with E-state index in [2.05, 4.69) is 4.90 Å². The lowest BCUT2D eigenvalue weighted by atomic mass is 10.2. The molecule has 0 saturated carbocycles. The SMILES string of the molecule is COc1ccccc1N1CCN(C(=O)C(=O)N(C(C)=O)c2cccc(N)c2)CC1. The zero-order valence-corrected chi connectivity index (χ0v) is 16.5. The minimum atomic E-state index is -0.881. The molecule has 1 aliphatic rings. The lowest BCUT2D eigenvalue weighted by Crippen LogP contribution is -2.54. The smallest absolute Gasteiger partial charge is 0.323 e. The standard InChI is InChI=1S/C21H24N4O4/c1-15(26)25(17-7-5-6-16(22)14-17)21(28)20(27)24-12-10-23(11-13-24)18-8-3-4-9-19(18)29-2/h3-9,14H,10-13,22H2,1-2H3. The second-order valence-corrected chi connectivity index (χ2v) is 6.71. The number of anilines is 3. The number of hydrogen-bond donors (Lipinski definition) is 1. The first kappa shape index (κ1) is 20.2. The Morgan fingerprint density at radius 3 is 2.31 bits per heavy atom. The quantitative estimate of drug-likeness (QED) is 0.624. The Hall–Kier alpha value is -3.55. The monoisotopic (exact) mass is 396 g/mol. The average Bonchev–Trinajstić information content (AvgIpc) is 2.73. The van der Waals surface area contributed by atoms with Crippen LogP contribution in [0.1, 0.15) is 6.92 Å². The summed E-state index contributed by atoms with van der Waals surface area (Å²) in [7, 11) is 1.62. The zero-order chi connectivity index (χ0) is 21.0. The summed E-state index contributed by atoms with van der Waals surface area (Å²) in [6.07, 6.45) is 0. The molecule has 2 N–H and O–H groups in total. The van der Waals surface area contributed by atoms with Crippen molar-refractivity contribution in [1.29, 1.82) is 0 Å². The van der Waals surface area contributed by atoms with Crippen LogP contribution in [0.4, 0.5) is 17.1 Å². The van der Waals surface area contributed by atoms with Crippen LogP contribution < -0.4 is 20.3 Å². The molecule has 0 spiro atoms. The number of rotatable bonds is 3. The molecule has 1 aliphatic heterocycles. The number of nitrogens with zero attached hydrogens (tertiary/aromatic N) is 3. The summed E-state index contributed by atoms with van der Waals surface area (Å²) < 4.78 is 5.40. The molecule has 3 rings (SSSR count). The van der Waals surface area contributed by atoms with Gasteiger partial charge in [-0.25, -0.2) is 4.90 Å². The normalized spacial score (nSPS) is 13.7. The van der Waals surface area contributed by atoms with Crippen molar-refractivity contribution >= 4 is 34.8 Å². The Labute approximate surface area is 169 Å².